The van der Waals surface area contributed by atoms with Crippen LogP contribution in [0.5, 0.6) is 0 Å². The Labute approximate surface area is 151 Å². The zero-order valence-corrected chi connectivity index (χ0v) is 14.8. The predicted octanol–water partition coefficient (Wildman–Crippen LogP) is 4.58. The standard InChI is InChI=1S/2C10H10O.Pd/c2*1-9(11)7-8-10-5-3-2-4-6-10;/h2*2-8H,1H3;/q;;+2. The molecular weight excluding hydrogens is 379 g/mol. The molecule has 2 nitrogen and oxygen atoms in total. The maximum atomic E-state index is 10.5. The zero-order valence-electron chi connectivity index (χ0n) is 13.2. The molecule has 0 unspecified atom stereocenters. The Morgan fingerprint density at radius 3 is 1.22 bits per heavy atom. The molecule has 2 aromatic rings. The normalized spacial score (nSPS) is 9.83. The molecule has 120 valence electrons. The Bertz CT molecular complexity index is 584. The molecule has 0 heterocycles. The van der Waals surface area contributed by atoms with Crippen LogP contribution in [-0.2, 0) is 30.0 Å². The maximum absolute atomic E-state index is 10.5. The number of carbonyl (C=O) groups excluding carboxylic acids is 2. The summed E-state index contributed by atoms with van der Waals surface area (Å²) in [6.45, 7) is 3.08. The second-order valence-electron chi connectivity index (χ2n) is 4.71. The first-order valence-corrected chi connectivity index (χ1v) is 7.05. The van der Waals surface area contributed by atoms with Crippen molar-refractivity contribution in [3.05, 3.63) is 83.9 Å². The van der Waals surface area contributed by atoms with E-state index in [4.69, 9.17) is 0 Å². The van der Waals surface area contributed by atoms with Crippen molar-refractivity contribution in [2.45, 2.75) is 13.8 Å². The van der Waals surface area contributed by atoms with Gasteiger partial charge in [-0.25, -0.2) is 0 Å². The van der Waals surface area contributed by atoms with Gasteiger partial charge in [0.25, 0.3) is 0 Å². The summed E-state index contributed by atoms with van der Waals surface area (Å²) in [5.74, 6) is 0.155. The third kappa shape index (κ3) is 11.2. The number of benzene rings is 2. The van der Waals surface area contributed by atoms with E-state index in [1.54, 1.807) is 26.0 Å². The van der Waals surface area contributed by atoms with Crippen LogP contribution in [0.25, 0.3) is 12.2 Å². The van der Waals surface area contributed by atoms with Crippen molar-refractivity contribution in [1.29, 1.82) is 0 Å². The third-order valence-electron chi connectivity index (χ3n) is 2.62. The van der Waals surface area contributed by atoms with E-state index in [1.807, 2.05) is 72.8 Å². The molecule has 2 aromatic carbocycles. The molecule has 0 spiro atoms. The molecule has 0 aliphatic carbocycles. The van der Waals surface area contributed by atoms with Crippen molar-refractivity contribution < 1.29 is 30.0 Å². The summed E-state index contributed by atoms with van der Waals surface area (Å²) in [6.07, 6.45) is 6.75. The molecule has 0 saturated carbocycles. The van der Waals surface area contributed by atoms with E-state index >= 15 is 0 Å². The molecular formula is C20H20O2Pd+2. The number of hydrogen-bond acceptors (Lipinski definition) is 2. The Balaban J connectivity index is 0.000000403. The largest absolute Gasteiger partial charge is 2.00 e. The van der Waals surface area contributed by atoms with Crippen molar-refractivity contribution >= 4 is 23.7 Å². The molecule has 0 atom stereocenters. The van der Waals surface area contributed by atoms with Gasteiger partial charge >= 0.3 is 20.4 Å². The average molecular weight is 399 g/mol. The maximum Gasteiger partial charge on any atom is 2.00 e. The summed E-state index contributed by atoms with van der Waals surface area (Å²) in [5, 5.41) is 0. The van der Waals surface area contributed by atoms with Gasteiger partial charge in [0, 0.05) is 0 Å². The summed E-state index contributed by atoms with van der Waals surface area (Å²) in [6, 6.07) is 19.5. The van der Waals surface area contributed by atoms with Crippen LogP contribution < -0.4 is 0 Å². The van der Waals surface area contributed by atoms with Crippen molar-refractivity contribution in [1.82, 2.24) is 0 Å². The minimum absolute atomic E-state index is 0. The Hall–Kier alpha value is -2.08. The second kappa shape index (κ2) is 12.5. The first-order chi connectivity index (χ1) is 10.6. The van der Waals surface area contributed by atoms with E-state index in [-0.39, 0.29) is 32.0 Å². The van der Waals surface area contributed by atoms with E-state index in [1.165, 1.54) is 0 Å². The molecule has 0 fully saturated rings. The number of hydrogen-bond donors (Lipinski definition) is 0. The molecule has 0 radical (unpaired) electrons. The van der Waals surface area contributed by atoms with Crippen LogP contribution in [0.4, 0.5) is 0 Å². The van der Waals surface area contributed by atoms with Gasteiger partial charge in [-0.05, 0) is 37.1 Å². The minimum Gasteiger partial charge on any atom is -0.295 e. The number of allylic oxidation sites excluding steroid dienone is 2. The Morgan fingerprint density at radius 1 is 0.652 bits per heavy atom. The summed E-state index contributed by atoms with van der Waals surface area (Å²) in [5.41, 5.74) is 2.12. The van der Waals surface area contributed by atoms with Crippen molar-refractivity contribution in [3.8, 4) is 0 Å². The topological polar surface area (TPSA) is 34.1 Å². The van der Waals surface area contributed by atoms with Crippen molar-refractivity contribution in [3.63, 3.8) is 0 Å². The van der Waals surface area contributed by atoms with Crippen LogP contribution in [0.15, 0.2) is 72.8 Å². The van der Waals surface area contributed by atoms with Gasteiger partial charge in [0.2, 0.25) is 0 Å². The summed E-state index contributed by atoms with van der Waals surface area (Å²) in [7, 11) is 0. The van der Waals surface area contributed by atoms with Gasteiger partial charge in [0.1, 0.15) is 0 Å². The van der Waals surface area contributed by atoms with Gasteiger partial charge in [-0.2, -0.15) is 0 Å². The number of rotatable bonds is 4. The van der Waals surface area contributed by atoms with E-state index < -0.39 is 0 Å². The third-order valence-corrected chi connectivity index (χ3v) is 2.62. The molecule has 3 heteroatoms. The molecule has 0 N–H and O–H groups in total. The molecule has 2 rings (SSSR count). The van der Waals surface area contributed by atoms with E-state index in [0.717, 1.165) is 11.1 Å². The van der Waals surface area contributed by atoms with E-state index in [9.17, 15) is 9.59 Å². The molecule has 0 aromatic heterocycles. The molecule has 0 amide bonds. The minimum atomic E-state index is 0. The summed E-state index contributed by atoms with van der Waals surface area (Å²) in [4.78, 5) is 21.1. The van der Waals surface area contributed by atoms with Crippen LogP contribution in [-0.4, -0.2) is 11.6 Å². The van der Waals surface area contributed by atoms with Gasteiger partial charge in [0.15, 0.2) is 11.6 Å². The van der Waals surface area contributed by atoms with Gasteiger partial charge in [-0.1, -0.05) is 72.8 Å². The van der Waals surface area contributed by atoms with E-state index in [0.29, 0.717) is 0 Å². The Kier molecular flexibility index (Phi) is 11.3. The fraction of sp³-hybridized carbons (Fsp3) is 0.100. The molecule has 0 bridgehead atoms. The molecule has 23 heavy (non-hydrogen) atoms. The van der Waals surface area contributed by atoms with Crippen LogP contribution in [0.1, 0.15) is 25.0 Å². The van der Waals surface area contributed by atoms with E-state index in [2.05, 4.69) is 0 Å². The van der Waals surface area contributed by atoms with Gasteiger partial charge in [-0.15, -0.1) is 0 Å². The van der Waals surface area contributed by atoms with Crippen molar-refractivity contribution in [2.24, 2.45) is 0 Å². The predicted molar refractivity (Wildman–Crippen MR) is 92.3 cm³/mol. The molecule has 0 saturated heterocycles. The number of carbonyl (C=O) groups is 2. The van der Waals surface area contributed by atoms with Crippen LogP contribution >= 0.6 is 0 Å². The fourth-order valence-corrected chi connectivity index (χ4v) is 1.56. The number of ketones is 2. The van der Waals surface area contributed by atoms with Crippen LogP contribution in [0.3, 0.4) is 0 Å². The van der Waals surface area contributed by atoms with Gasteiger partial charge < -0.3 is 0 Å². The monoisotopic (exact) mass is 398 g/mol. The van der Waals surface area contributed by atoms with Gasteiger partial charge in [0.05, 0.1) is 0 Å². The average Bonchev–Trinajstić information content (AvgIpc) is 2.53. The SMILES string of the molecule is CC(=O)C=Cc1ccccc1.CC(=O)C=Cc1ccccc1.[Pd+2]. The second-order valence-corrected chi connectivity index (χ2v) is 4.71. The molecule has 0 aliphatic rings. The van der Waals surface area contributed by atoms with Crippen LogP contribution in [0, 0.1) is 0 Å². The van der Waals surface area contributed by atoms with Gasteiger partial charge in [-0.3, -0.25) is 9.59 Å². The fourth-order valence-electron chi connectivity index (χ4n) is 1.56. The van der Waals surface area contributed by atoms with Crippen LogP contribution in [0.2, 0.25) is 0 Å². The van der Waals surface area contributed by atoms with Crippen molar-refractivity contribution in [2.75, 3.05) is 0 Å². The first kappa shape index (κ1) is 20.9. The first-order valence-electron chi connectivity index (χ1n) is 7.05. The zero-order chi connectivity index (χ0) is 16.2. The quantitative estimate of drug-likeness (QED) is 0.558. The molecule has 0 aliphatic heterocycles. The summed E-state index contributed by atoms with van der Waals surface area (Å²) < 4.78 is 0. The summed E-state index contributed by atoms with van der Waals surface area (Å²) >= 11 is 0. The Morgan fingerprint density at radius 2 is 0.957 bits per heavy atom. The smallest absolute Gasteiger partial charge is 0.295 e.